The monoisotopic (exact) mass is 348 g/mol. The Morgan fingerprint density at radius 1 is 1.25 bits per heavy atom. The van der Waals surface area contributed by atoms with E-state index in [1.165, 1.54) is 13.2 Å². The molecule has 0 aromatic heterocycles. The molecule has 0 aromatic carbocycles. The van der Waals surface area contributed by atoms with E-state index in [1.807, 2.05) is 14.1 Å². The minimum atomic E-state index is -4.31. The van der Waals surface area contributed by atoms with Gasteiger partial charge in [0.2, 0.25) is 5.91 Å². The van der Waals surface area contributed by atoms with Crippen LogP contribution in [-0.4, -0.2) is 79.4 Å². The fourth-order valence-corrected chi connectivity index (χ4v) is 2.83. The molecule has 1 saturated heterocycles. The first-order valence-corrected chi connectivity index (χ1v) is 8.03. The topological polar surface area (TPSA) is 39.2 Å². The van der Waals surface area contributed by atoms with Crippen molar-refractivity contribution < 1.29 is 18.0 Å². The molecule has 0 N–H and O–H groups in total. The molecule has 0 aliphatic carbocycles. The van der Waals surface area contributed by atoms with Crippen LogP contribution in [0.5, 0.6) is 0 Å². The van der Waals surface area contributed by atoms with Crippen molar-refractivity contribution in [2.24, 2.45) is 4.99 Å². The lowest BCUT2D eigenvalue weighted by Gasteiger charge is -2.35. The minimum Gasteiger partial charge on any atom is -0.354 e. The maximum absolute atomic E-state index is 12.5. The van der Waals surface area contributed by atoms with Crippen LogP contribution in [0.1, 0.15) is 25.7 Å². The van der Waals surface area contributed by atoms with Gasteiger partial charge in [0.1, 0.15) is 12.4 Å². The zero-order valence-corrected chi connectivity index (χ0v) is 14.6. The summed E-state index contributed by atoms with van der Waals surface area (Å²) in [5.41, 5.74) is 0. The average Bonchev–Trinajstić information content (AvgIpc) is 2.49. The van der Waals surface area contributed by atoms with Gasteiger partial charge in [0.25, 0.3) is 0 Å². The molecule has 0 saturated carbocycles. The van der Waals surface area contributed by atoms with Gasteiger partial charge in [0.05, 0.1) is 0 Å². The summed E-state index contributed by atoms with van der Waals surface area (Å²) >= 11 is 0. The lowest BCUT2D eigenvalue weighted by atomic mass is 10.0. The maximum atomic E-state index is 12.5. The van der Waals surface area contributed by atoms with Gasteiger partial charge < -0.3 is 14.7 Å². The van der Waals surface area contributed by atoms with Gasteiger partial charge in [0, 0.05) is 45.2 Å². The van der Waals surface area contributed by atoms with Crippen LogP contribution in [-0.2, 0) is 4.79 Å². The SMILES string of the molecule is C=CN=C(CCC(=O)N1CCC(N(C)C)CC1)N(C)CC(F)(F)F. The van der Waals surface area contributed by atoms with E-state index >= 15 is 0 Å². The molecule has 138 valence electrons. The second-order valence-electron chi connectivity index (χ2n) is 6.27. The number of carbonyl (C=O) groups is 1. The van der Waals surface area contributed by atoms with E-state index < -0.39 is 12.7 Å². The molecule has 1 rings (SSSR count). The van der Waals surface area contributed by atoms with Gasteiger partial charge in [0.15, 0.2) is 0 Å². The van der Waals surface area contributed by atoms with Crippen LogP contribution in [0.3, 0.4) is 0 Å². The van der Waals surface area contributed by atoms with Crippen LogP contribution in [0.15, 0.2) is 17.8 Å². The number of nitrogens with zero attached hydrogens (tertiary/aromatic N) is 4. The Morgan fingerprint density at radius 2 is 1.83 bits per heavy atom. The number of hydrogen-bond acceptors (Lipinski definition) is 3. The van der Waals surface area contributed by atoms with Crippen molar-refractivity contribution in [1.82, 2.24) is 14.7 Å². The largest absolute Gasteiger partial charge is 0.405 e. The molecule has 1 fully saturated rings. The van der Waals surface area contributed by atoms with Crippen LogP contribution in [0.2, 0.25) is 0 Å². The van der Waals surface area contributed by atoms with E-state index in [0.717, 1.165) is 17.7 Å². The minimum absolute atomic E-state index is 0.0376. The highest BCUT2D eigenvalue weighted by Gasteiger charge is 2.31. The number of halogens is 3. The Balaban J connectivity index is 2.51. The summed E-state index contributed by atoms with van der Waals surface area (Å²) in [7, 11) is 5.37. The molecule has 8 heteroatoms. The zero-order valence-electron chi connectivity index (χ0n) is 14.6. The van der Waals surface area contributed by atoms with Crippen molar-refractivity contribution in [3.05, 3.63) is 12.8 Å². The van der Waals surface area contributed by atoms with Gasteiger partial charge in [-0.3, -0.25) is 4.79 Å². The van der Waals surface area contributed by atoms with Crippen molar-refractivity contribution in [1.29, 1.82) is 0 Å². The van der Waals surface area contributed by atoms with E-state index in [9.17, 15) is 18.0 Å². The van der Waals surface area contributed by atoms with E-state index in [4.69, 9.17) is 0 Å². The van der Waals surface area contributed by atoms with Crippen molar-refractivity contribution in [2.75, 3.05) is 40.8 Å². The van der Waals surface area contributed by atoms with Crippen LogP contribution in [0, 0.1) is 0 Å². The third kappa shape index (κ3) is 6.90. The molecule has 1 heterocycles. The first-order valence-electron chi connectivity index (χ1n) is 8.03. The number of likely N-dealkylation sites (tertiary alicyclic amines) is 1. The van der Waals surface area contributed by atoms with Crippen LogP contribution in [0.4, 0.5) is 13.2 Å². The molecular weight excluding hydrogens is 321 g/mol. The Labute approximate surface area is 141 Å². The molecule has 5 nitrogen and oxygen atoms in total. The summed E-state index contributed by atoms with van der Waals surface area (Å²) in [5, 5.41) is 0. The summed E-state index contributed by atoms with van der Waals surface area (Å²) in [6.07, 6.45) is -0.947. The van der Waals surface area contributed by atoms with E-state index in [2.05, 4.69) is 16.5 Å². The first-order chi connectivity index (χ1) is 11.1. The van der Waals surface area contributed by atoms with Gasteiger partial charge in [-0.1, -0.05) is 6.58 Å². The molecule has 0 aromatic rings. The Morgan fingerprint density at radius 3 is 2.29 bits per heavy atom. The molecule has 1 aliphatic heterocycles. The zero-order chi connectivity index (χ0) is 18.3. The summed E-state index contributed by atoms with van der Waals surface area (Å²) in [6, 6.07) is 0.477. The van der Waals surface area contributed by atoms with Crippen LogP contribution in [0.25, 0.3) is 0 Å². The highest BCUT2D eigenvalue weighted by molar-refractivity contribution is 5.87. The number of rotatable bonds is 6. The fourth-order valence-electron chi connectivity index (χ4n) is 2.83. The highest BCUT2D eigenvalue weighted by Crippen LogP contribution is 2.18. The average molecular weight is 348 g/mol. The van der Waals surface area contributed by atoms with E-state index in [-0.39, 0.29) is 24.6 Å². The normalized spacial score (nSPS) is 17.3. The van der Waals surface area contributed by atoms with Crippen molar-refractivity contribution in [3.8, 4) is 0 Å². The standard InChI is InChI=1S/C16H27F3N4O/c1-5-20-14(22(4)12-16(17,18)19)6-7-15(24)23-10-8-13(9-11-23)21(2)3/h5,13H,1,6-12H2,2-4H3. The van der Waals surface area contributed by atoms with Gasteiger partial charge in [-0.05, 0) is 26.9 Å². The molecular formula is C16H27F3N4O. The molecule has 24 heavy (non-hydrogen) atoms. The Bertz CT molecular complexity index is 455. The summed E-state index contributed by atoms with van der Waals surface area (Å²) in [5.74, 6) is 0.184. The third-order valence-corrected chi connectivity index (χ3v) is 4.21. The Kier molecular flexibility index (Phi) is 7.72. The molecule has 1 amide bonds. The second kappa shape index (κ2) is 9.05. The van der Waals surface area contributed by atoms with Crippen molar-refractivity contribution in [2.45, 2.75) is 37.9 Å². The number of aliphatic imine (C=N–C) groups is 1. The Hall–Kier alpha value is -1.57. The lowest BCUT2D eigenvalue weighted by molar-refractivity contribution is -0.135. The summed E-state index contributed by atoms with van der Waals surface area (Å²) in [4.78, 5) is 21.1. The van der Waals surface area contributed by atoms with Crippen LogP contribution < -0.4 is 0 Å². The predicted molar refractivity (Wildman–Crippen MR) is 88.8 cm³/mol. The van der Waals surface area contributed by atoms with E-state index in [0.29, 0.717) is 19.1 Å². The predicted octanol–water partition coefficient (Wildman–Crippen LogP) is 2.36. The molecule has 1 aliphatic rings. The quantitative estimate of drug-likeness (QED) is 0.546. The molecule has 0 atom stereocenters. The van der Waals surface area contributed by atoms with Crippen molar-refractivity contribution in [3.63, 3.8) is 0 Å². The molecule has 0 radical (unpaired) electrons. The number of piperidine rings is 1. The summed E-state index contributed by atoms with van der Waals surface area (Å²) < 4.78 is 37.5. The van der Waals surface area contributed by atoms with Crippen molar-refractivity contribution >= 4 is 11.7 Å². The molecule has 0 bridgehead atoms. The maximum Gasteiger partial charge on any atom is 0.405 e. The van der Waals surface area contributed by atoms with Gasteiger partial charge in [-0.2, -0.15) is 13.2 Å². The highest BCUT2D eigenvalue weighted by atomic mass is 19.4. The number of alkyl halides is 3. The second-order valence-corrected chi connectivity index (χ2v) is 6.27. The number of hydrogen-bond donors (Lipinski definition) is 0. The lowest BCUT2D eigenvalue weighted by Crippen LogP contribution is -2.44. The van der Waals surface area contributed by atoms with Gasteiger partial charge >= 0.3 is 6.18 Å². The van der Waals surface area contributed by atoms with Gasteiger partial charge in [-0.25, -0.2) is 4.99 Å². The van der Waals surface area contributed by atoms with Crippen LogP contribution >= 0.6 is 0 Å². The van der Waals surface area contributed by atoms with Gasteiger partial charge in [-0.15, -0.1) is 0 Å². The molecule has 0 spiro atoms. The smallest absolute Gasteiger partial charge is 0.354 e. The number of amidine groups is 1. The first kappa shape index (κ1) is 20.5. The summed E-state index contributed by atoms with van der Waals surface area (Å²) in [6.45, 7) is 3.71. The molecule has 0 unspecified atom stereocenters. The fraction of sp³-hybridized carbons (Fsp3) is 0.750. The number of amides is 1. The third-order valence-electron chi connectivity index (χ3n) is 4.21. The number of carbonyl (C=O) groups excluding carboxylic acids is 1. The van der Waals surface area contributed by atoms with E-state index in [1.54, 1.807) is 4.90 Å².